The third-order valence-electron chi connectivity index (χ3n) is 0.627. The van der Waals surface area contributed by atoms with Crippen molar-refractivity contribution in [1.29, 1.82) is 5.41 Å². The van der Waals surface area contributed by atoms with Crippen LogP contribution in [0.25, 0.3) is 0 Å². The molecule has 0 spiro atoms. The van der Waals surface area contributed by atoms with Crippen LogP contribution in [-0.4, -0.2) is 11.4 Å². The molecule has 2 nitrogen and oxygen atoms in total. The van der Waals surface area contributed by atoms with Gasteiger partial charge in [-0.1, -0.05) is 11.6 Å². The average Bonchev–Trinajstić information content (AvgIpc) is 1.84. The van der Waals surface area contributed by atoms with Crippen LogP contribution in [0.2, 0.25) is 0 Å². The van der Waals surface area contributed by atoms with Gasteiger partial charge in [-0.25, -0.2) is 0 Å². The van der Waals surface area contributed by atoms with Crippen molar-refractivity contribution in [2.45, 2.75) is 0 Å². The minimum absolute atomic E-state index is 0.0891. The van der Waals surface area contributed by atoms with E-state index in [4.69, 9.17) is 22.7 Å². The standard InChI is InChI=1S/C4H6ClIN2S/c1-9-4(6)2(7)3(5)8/h8H,7H2,1H3/b4-2+,8-3?. The summed E-state index contributed by atoms with van der Waals surface area (Å²) in [5, 5.41) is 6.81. The van der Waals surface area contributed by atoms with E-state index in [0.717, 1.165) is 2.91 Å². The Morgan fingerprint density at radius 1 is 1.78 bits per heavy atom. The predicted octanol–water partition coefficient (Wildman–Crippen LogP) is 2.13. The highest BCUT2D eigenvalue weighted by atomic mass is 127. The van der Waals surface area contributed by atoms with Gasteiger partial charge in [0.25, 0.3) is 0 Å². The van der Waals surface area contributed by atoms with E-state index < -0.39 is 0 Å². The number of nitrogens with two attached hydrogens (primary N) is 1. The van der Waals surface area contributed by atoms with Crippen LogP contribution in [0.15, 0.2) is 8.61 Å². The smallest absolute Gasteiger partial charge is 0.145 e. The summed E-state index contributed by atoms with van der Waals surface area (Å²) < 4.78 is 0.854. The zero-order valence-electron chi connectivity index (χ0n) is 4.74. The Morgan fingerprint density at radius 3 is 2.33 bits per heavy atom. The normalized spacial score (nSPS) is 12.8. The van der Waals surface area contributed by atoms with Crippen LogP contribution in [0, 0.1) is 5.41 Å². The van der Waals surface area contributed by atoms with Crippen molar-refractivity contribution in [2.24, 2.45) is 5.73 Å². The SMILES string of the molecule is CS/C(I)=C(/N)C(=N)Cl. The average molecular weight is 277 g/mol. The molecule has 0 atom stereocenters. The zero-order chi connectivity index (χ0) is 7.44. The lowest BCUT2D eigenvalue weighted by Crippen LogP contribution is -2.04. The fraction of sp³-hybridized carbons (Fsp3) is 0.250. The van der Waals surface area contributed by atoms with E-state index in [9.17, 15) is 0 Å². The molecule has 0 saturated carbocycles. The Balaban J connectivity index is 4.28. The Kier molecular flexibility index (Phi) is 4.69. The first kappa shape index (κ1) is 9.58. The number of rotatable bonds is 2. The summed E-state index contributed by atoms with van der Waals surface area (Å²) in [4.78, 5) is 0. The van der Waals surface area contributed by atoms with Crippen molar-refractivity contribution in [3.05, 3.63) is 8.61 Å². The van der Waals surface area contributed by atoms with Crippen molar-refractivity contribution < 1.29 is 0 Å². The number of allylic oxidation sites excluding steroid dienone is 1. The fourth-order valence-corrected chi connectivity index (χ4v) is 1.10. The molecule has 9 heavy (non-hydrogen) atoms. The lowest BCUT2D eigenvalue weighted by Gasteiger charge is -1.97. The van der Waals surface area contributed by atoms with E-state index in [0.29, 0.717) is 5.70 Å². The number of nitrogens with one attached hydrogen (secondary N) is 1. The molecule has 0 aromatic carbocycles. The summed E-state index contributed by atoms with van der Waals surface area (Å²) in [6.45, 7) is 0. The molecule has 5 heteroatoms. The Hall–Kier alpha value is 0.580. The maximum atomic E-state index is 6.90. The molecule has 0 radical (unpaired) electrons. The third-order valence-corrected chi connectivity index (χ3v) is 3.31. The highest BCUT2D eigenvalue weighted by molar-refractivity contribution is 14.1. The molecular weight excluding hydrogens is 270 g/mol. The van der Waals surface area contributed by atoms with Crippen molar-refractivity contribution >= 4 is 51.1 Å². The van der Waals surface area contributed by atoms with Crippen LogP contribution >= 0.6 is 46.0 Å². The van der Waals surface area contributed by atoms with Crippen LogP contribution < -0.4 is 5.73 Å². The topological polar surface area (TPSA) is 49.9 Å². The van der Waals surface area contributed by atoms with Crippen molar-refractivity contribution in [3.8, 4) is 0 Å². The molecule has 0 aliphatic rings. The van der Waals surface area contributed by atoms with Gasteiger partial charge in [0.2, 0.25) is 0 Å². The van der Waals surface area contributed by atoms with Gasteiger partial charge in [-0.15, -0.1) is 11.8 Å². The van der Waals surface area contributed by atoms with Gasteiger partial charge in [0, 0.05) is 0 Å². The first-order valence-electron chi connectivity index (χ1n) is 2.03. The Morgan fingerprint density at radius 2 is 2.22 bits per heavy atom. The van der Waals surface area contributed by atoms with Gasteiger partial charge in [-0.3, -0.25) is 5.41 Å². The maximum absolute atomic E-state index is 6.90. The van der Waals surface area contributed by atoms with E-state index in [-0.39, 0.29) is 5.17 Å². The highest BCUT2D eigenvalue weighted by Crippen LogP contribution is 2.22. The quantitative estimate of drug-likeness (QED) is 0.599. The monoisotopic (exact) mass is 276 g/mol. The molecule has 0 heterocycles. The zero-order valence-corrected chi connectivity index (χ0v) is 8.47. The van der Waals surface area contributed by atoms with Crippen LogP contribution in [0.4, 0.5) is 0 Å². The molecule has 0 amide bonds. The third kappa shape index (κ3) is 3.32. The number of thioether (sulfide) groups is 1. The Labute approximate surface area is 76.9 Å². The second-order valence-corrected chi connectivity index (χ2v) is 4.21. The minimum Gasteiger partial charge on any atom is -0.395 e. The van der Waals surface area contributed by atoms with E-state index in [1.807, 2.05) is 28.8 Å². The van der Waals surface area contributed by atoms with E-state index in [1.54, 1.807) is 0 Å². The predicted molar refractivity (Wildman–Crippen MR) is 52.3 cm³/mol. The summed E-state index contributed by atoms with van der Waals surface area (Å²) in [6, 6.07) is 0. The summed E-state index contributed by atoms with van der Waals surface area (Å²) in [5.41, 5.74) is 5.72. The fourth-order valence-electron chi connectivity index (χ4n) is 0.196. The minimum atomic E-state index is -0.0891. The van der Waals surface area contributed by atoms with Gasteiger partial charge < -0.3 is 5.73 Å². The van der Waals surface area contributed by atoms with E-state index >= 15 is 0 Å². The summed E-state index contributed by atoms with van der Waals surface area (Å²) in [7, 11) is 0. The number of hydrogen-bond acceptors (Lipinski definition) is 3. The molecule has 0 saturated heterocycles. The number of hydrogen-bond donors (Lipinski definition) is 2. The second-order valence-electron chi connectivity index (χ2n) is 1.21. The van der Waals surface area contributed by atoms with Gasteiger partial charge in [0.1, 0.15) is 5.17 Å². The van der Waals surface area contributed by atoms with Crippen molar-refractivity contribution in [2.75, 3.05) is 6.26 Å². The lowest BCUT2D eigenvalue weighted by atomic mass is 10.6. The van der Waals surface area contributed by atoms with Gasteiger partial charge in [0.05, 0.1) is 8.61 Å². The molecule has 0 bridgehead atoms. The first-order valence-corrected chi connectivity index (χ1v) is 4.71. The molecule has 0 rings (SSSR count). The molecule has 0 unspecified atom stereocenters. The van der Waals surface area contributed by atoms with Crippen LogP contribution in [0.5, 0.6) is 0 Å². The second kappa shape index (κ2) is 4.40. The van der Waals surface area contributed by atoms with Gasteiger partial charge in [0.15, 0.2) is 0 Å². The van der Waals surface area contributed by atoms with Crippen molar-refractivity contribution in [1.82, 2.24) is 0 Å². The Bertz CT molecular complexity index is 157. The molecule has 52 valence electrons. The van der Waals surface area contributed by atoms with Crippen LogP contribution in [-0.2, 0) is 0 Å². The molecule has 0 aliphatic carbocycles. The molecule has 0 aromatic heterocycles. The van der Waals surface area contributed by atoms with E-state index in [2.05, 4.69) is 0 Å². The molecule has 0 fully saturated rings. The van der Waals surface area contributed by atoms with Crippen LogP contribution in [0.1, 0.15) is 0 Å². The lowest BCUT2D eigenvalue weighted by molar-refractivity contribution is 1.44. The molecule has 3 N–H and O–H groups in total. The first-order chi connectivity index (χ1) is 4.09. The summed E-state index contributed by atoms with van der Waals surface area (Å²) in [6.07, 6.45) is 1.88. The largest absolute Gasteiger partial charge is 0.395 e. The van der Waals surface area contributed by atoms with Gasteiger partial charge in [-0.2, -0.15) is 0 Å². The van der Waals surface area contributed by atoms with Gasteiger partial charge in [-0.05, 0) is 28.8 Å². The molecular formula is C4H6ClIN2S. The molecule has 0 aromatic rings. The maximum Gasteiger partial charge on any atom is 0.145 e. The van der Waals surface area contributed by atoms with Crippen LogP contribution in [0.3, 0.4) is 0 Å². The highest BCUT2D eigenvalue weighted by Gasteiger charge is 2.00. The van der Waals surface area contributed by atoms with Gasteiger partial charge >= 0.3 is 0 Å². The number of halogens is 2. The van der Waals surface area contributed by atoms with Crippen molar-refractivity contribution in [3.63, 3.8) is 0 Å². The summed E-state index contributed by atoms with van der Waals surface area (Å²) >= 11 is 8.80. The molecule has 0 aliphatic heterocycles. The summed E-state index contributed by atoms with van der Waals surface area (Å²) in [5.74, 6) is 0. The van der Waals surface area contributed by atoms with E-state index in [1.165, 1.54) is 11.8 Å².